The van der Waals surface area contributed by atoms with Crippen molar-refractivity contribution >= 4 is 0 Å². The smallest absolute Gasteiger partial charge is 0.0328 e. The molecule has 0 saturated heterocycles. The topological polar surface area (TPSA) is 15.3 Å². The van der Waals surface area contributed by atoms with Gasteiger partial charge in [-0.15, -0.1) is 0 Å². The highest BCUT2D eigenvalue weighted by Gasteiger charge is 2.40. The molecule has 0 radical (unpaired) electrons. The van der Waals surface area contributed by atoms with Gasteiger partial charge in [-0.25, -0.2) is 0 Å². The quantitative estimate of drug-likeness (QED) is 0.807. The van der Waals surface area contributed by atoms with E-state index in [9.17, 15) is 0 Å². The number of hydrogen-bond donors (Lipinski definition) is 1. The lowest BCUT2D eigenvalue weighted by molar-refractivity contribution is 0.0540. The van der Waals surface area contributed by atoms with E-state index in [1.54, 1.807) is 0 Å². The fraction of sp³-hybridized carbons (Fsp3) is 1.00. The summed E-state index contributed by atoms with van der Waals surface area (Å²) in [5.41, 5.74) is 0.493. The van der Waals surface area contributed by atoms with Crippen LogP contribution in [0.15, 0.2) is 0 Å². The van der Waals surface area contributed by atoms with Crippen LogP contribution in [-0.4, -0.2) is 37.1 Å². The van der Waals surface area contributed by atoms with Gasteiger partial charge in [0.2, 0.25) is 0 Å². The number of likely N-dealkylation sites (N-methyl/N-ethyl adjacent to an activating group) is 1. The SMILES string of the molecule is CN(C)C1(CNC2CCCC(C3CC3)C2)CCC1. The van der Waals surface area contributed by atoms with Crippen molar-refractivity contribution in [2.24, 2.45) is 11.8 Å². The van der Waals surface area contributed by atoms with Crippen LogP contribution in [0.1, 0.15) is 57.8 Å². The Hall–Kier alpha value is -0.0800. The van der Waals surface area contributed by atoms with Crippen LogP contribution < -0.4 is 5.32 Å². The monoisotopic (exact) mass is 250 g/mol. The fourth-order valence-corrected chi connectivity index (χ4v) is 4.11. The predicted octanol–water partition coefficient (Wildman–Crippen LogP) is 3.03. The Labute approximate surface area is 113 Å². The highest BCUT2D eigenvalue weighted by Crippen LogP contribution is 2.44. The zero-order valence-corrected chi connectivity index (χ0v) is 12.3. The van der Waals surface area contributed by atoms with Crippen molar-refractivity contribution < 1.29 is 0 Å². The molecule has 3 aliphatic carbocycles. The molecule has 2 unspecified atom stereocenters. The van der Waals surface area contributed by atoms with Gasteiger partial charge >= 0.3 is 0 Å². The van der Waals surface area contributed by atoms with Gasteiger partial charge in [-0.2, -0.15) is 0 Å². The number of hydrogen-bond acceptors (Lipinski definition) is 2. The molecule has 2 nitrogen and oxygen atoms in total. The Kier molecular flexibility index (Phi) is 3.68. The lowest BCUT2D eigenvalue weighted by atomic mass is 9.75. The summed E-state index contributed by atoms with van der Waals surface area (Å²) in [6.07, 6.45) is 13.1. The molecule has 3 aliphatic rings. The van der Waals surface area contributed by atoms with Gasteiger partial charge in [0, 0.05) is 18.1 Å². The maximum atomic E-state index is 3.92. The van der Waals surface area contributed by atoms with Gasteiger partial charge in [0.05, 0.1) is 0 Å². The summed E-state index contributed by atoms with van der Waals surface area (Å²) in [6, 6.07) is 0.821. The first-order valence-corrected chi connectivity index (χ1v) is 8.10. The molecule has 0 heterocycles. The molecule has 2 atom stereocenters. The second-order valence-electron chi connectivity index (χ2n) is 7.31. The predicted molar refractivity (Wildman–Crippen MR) is 76.7 cm³/mol. The van der Waals surface area contributed by atoms with Crippen molar-refractivity contribution in [1.82, 2.24) is 10.2 Å². The van der Waals surface area contributed by atoms with Gasteiger partial charge in [-0.1, -0.05) is 12.8 Å². The van der Waals surface area contributed by atoms with E-state index in [1.807, 2.05) is 0 Å². The fourth-order valence-electron chi connectivity index (χ4n) is 4.11. The van der Waals surface area contributed by atoms with Crippen molar-refractivity contribution in [2.45, 2.75) is 69.4 Å². The first-order chi connectivity index (χ1) is 8.70. The number of nitrogens with zero attached hydrogens (tertiary/aromatic N) is 1. The Morgan fingerprint density at radius 1 is 1.00 bits per heavy atom. The van der Waals surface area contributed by atoms with Gasteiger partial charge < -0.3 is 10.2 Å². The summed E-state index contributed by atoms with van der Waals surface area (Å²) in [6.45, 7) is 1.22. The minimum absolute atomic E-state index is 0.493. The summed E-state index contributed by atoms with van der Waals surface area (Å²) in [7, 11) is 4.52. The van der Waals surface area contributed by atoms with Crippen molar-refractivity contribution in [2.75, 3.05) is 20.6 Å². The second-order valence-corrected chi connectivity index (χ2v) is 7.31. The summed E-state index contributed by atoms with van der Waals surface area (Å²) in [5, 5.41) is 3.92. The van der Waals surface area contributed by atoms with Crippen molar-refractivity contribution in [1.29, 1.82) is 0 Å². The van der Waals surface area contributed by atoms with Crippen LogP contribution in [0, 0.1) is 11.8 Å². The van der Waals surface area contributed by atoms with E-state index in [1.165, 1.54) is 64.3 Å². The zero-order chi connectivity index (χ0) is 12.6. The third-order valence-corrected chi connectivity index (χ3v) is 5.96. The largest absolute Gasteiger partial charge is 0.312 e. The number of rotatable bonds is 5. The molecule has 0 amide bonds. The summed E-state index contributed by atoms with van der Waals surface area (Å²) < 4.78 is 0. The second kappa shape index (κ2) is 5.13. The van der Waals surface area contributed by atoms with E-state index < -0.39 is 0 Å². The molecule has 2 heteroatoms. The standard InChI is InChI=1S/C16H30N2/c1-18(2)16(9-4-10-16)12-17-15-6-3-5-14(11-15)13-7-8-13/h13-15,17H,3-12H2,1-2H3. The first-order valence-electron chi connectivity index (χ1n) is 8.10. The molecule has 0 spiro atoms. The summed E-state index contributed by atoms with van der Waals surface area (Å²) in [4.78, 5) is 2.46. The minimum Gasteiger partial charge on any atom is -0.312 e. The Morgan fingerprint density at radius 2 is 1.78 bits per heavy atom. The van der Waals surface area contributed by atoms with Gasteiger partial charge in [0.1, 0.15) is 0 Å². The zero-order valence-electron chi connectivity index (χ0n) is 12.3. The van der Waals surface area contributed by atoms with Crippen molar-refractivity contribution in [3.05, 3.63) is 0 Å². The highest BCUT2D eigenvalue weighted by molar-refractivity contribution is 4.99. The molecule has 0 aliphatic heterocycles. The van der Waals surface area contributed by atoms with Crippen LogP contribution in [0.25, 0.3) is 0 Å². The molecule has 3 rings (SSSR count). The molecule has 3 fully saturated rings. The third kappa shape index (κ3) is 2.60. The van der Waals surface area contributed by atoms with Crippen LogP contribution in [0.3, 0.4) is 0 Å². The van der Waals surface area contributed by atoms with E-state index in [0.29, 0.717) is 5.54 Å². The van der Waals surface area contributed by atoms with Crippen molar-refractivity contribution in [3.8, 4) is 0 Å². The Morgan fingerprint density at radius 3 is 2.33 bits per heavy atom. The van der Waals surface area contributed by atoms with Gasteiger partial charge in [0.25, 0.3) is 0 Å². The Balaban J connectivity index is 1.47. The molecular formula is C16H30N2. The van der Waals surface area contributed by atoms with Gasteiger partial charge in [-0.3, -0.25) is 0 Å². The molecular weight excluding hydrogens is 220 g/mol. The van der Waals surface area contributed by atoms with Gasteiger partial charge in [0.15, 0.2) is 0 Å². The van der Waals surface area contributed by atoms with Crippen LogP contribution in [0.2, 0.25) is 0 Å². The van der Waals surface area contributed by atoms with E-state index in [4.69, 9.17) is 0 Å². The molecule has 0 aromatic heterocycles. The molecule has 104 valence electrons. The average molecular weight is 250 g/mol. The van der Waals surface area contributed by atoms with E-state index in [0.717, 1.165) is 17.9 Å². The van der Waals surface area contributed by atoms with Crippen LogP contribution >= 0.6 is 0 Å². The normalized spacial score (nSPS) is 35.5. The maximum Gasteiger partial charge on any atom is 0.0328 e. The molecule has 0 aromatic rings. The molecule has 3 saturated carbocycles. The van der Waals surface area contributed by atoms with E-state index in [2.05, 4.69) is 24.3 Å². The van der Waals surface area contributed by atoms with Crippen LogP contribution in [0.5, 0.6) is 0 Å². The van der Waals surface area contributed by atoms with Crippen LogP contribution in [-0.2, 0) is 0 Å². The Bertz CT molecular complexity index is 279. The lowest BCUT2D eigenvalue weighted by Crippen LogP contribution is -2.58. The lowest BCUT2D eigenvalue weighted by Gasteiger charge is -2.48. The van der Waals surface area contributed by atoms with Gasteiger partial charge in [-0.05, 0) is 70.9 Å². The maximum absolute atomic E-state index is 3.92. The van der Waals surface area contributed by atoms with Crippen LogP contribution in [0.4, 0.5) is 0 Å². The highest BCUT2D eigenvalue weighted by atomic mass is 15.2. The average Bonchev–Trinajstić information content (AvgIpc) is 3.11. The summed E-state index contributed by atoms with van der Waals surface area (Å²) >= 11 is 0. The third-order valence-electron chi connectivity index (χ3n) is 5.96. The molecule has 1 N–H and O–H groups in total. The van der Waals surface area contributed by atoms with E-state index in [-0.39, 0.29) is 0 Å². The number of nitrogens with one attached hydrogen (secondary N) is 1. The first kappa shape index (κ1) is 12.9. The van der Waals surface area contributed by atoms with Crippen molar-refractivity contribution in [3.63, 3.8) is 0 Å². The van der Waals surface area contributed by atoms with E-state index >= 15 is 0 Å². The molecule has 0 aromatic carbocycles. The minimum atomic E-state index is 0.493. The summed E-state index contributed by atoms with van der Waals surface area (Å²) in [5.74, 6) is 2.18. The molecule has 18 heavy (non-hydrogen) atoms. The molecule has 0 bridgehead atoms.